The summed E-state index contributed by atoms with van der Waals surface area (Å²) in [5.41, 5.74) is 6.07. The third-order valence-electron chi connectivity index (χ3n) is 2.26. The summed E-state index contributed by atoms with van der Waals surface area (Å²) in [5.74, 6) is -0.676. The predicted octanol–water partition coefficient (Wildman–Crippen LogP) is 2.22. The van der Waals surface area contributed by atoms with Gasteiger partial charge in [-0.3, -0.25) is 4.79 Å². The molecule has 1 aromatic rings. The Morgan fingerprint density at radius 3 is 2.82 bits per heavy atom. The summed E-state index contributed by atoms with van der Waals surface area (Å²) >= 11 is 3.29. The fraction of sp³-hybridized carbons (Fsp3) is 0.364. The molecule has 1 amide bonds. The molecule has 0 aromatic heterocycles. The molecule has 0 fully saturated rings. The minimum absolute atomic E-state index is 0. The van der Waals surface area contributed by atoms with E-state index in [-0.39, 0.29) is 30.0 Å². The SMILES string of the molecule is CC(CN)C(=O)NCc1cc(F)ccc1Br.Cl. The largest absolute Gasteiger partial charge is 0.352 e. The molecule has 0 aliphatic carbocycles. The standard InChI is InChI=1S/C11H14BrFN2O.ClH/c1-7(5-14)11(16)15-6-8-4-9(13)2-3-10(8)12;/h2-4,7H,5-6,14H2,1H3,(H,15,16);1H. The first-order valence-electron chi connectivity index (χ1n) is 4.96. The van der Waals surface area contributed by atoms with Crippen molar-refractivity contribution in [2.24, 2.45) is 11.7 Å². The molecular formula is C11H15BrClFN2O. The van der Waals surface area contributed by atoms with Gasteiger partial charge in [0.15, 0.2) is 0 Å². The highest BCUT2D eigenvalue weighted by Gasteiger charge is 2.10. The van der Waals surface area contributed by atoms with Crippen molar-refractivity contribution in [3.63, 3.8) is 0 Å². The van der Waals surface area contributed by atoms with Crippen LogP contribution in [0, 0.1) is 11.7 Å². The maximum Gasteiger partial charge on any atom is 0.224 e. The van der Waals surface area contributed by atoms with Gasteiger partial charge >= 0.3 is 0 Å². The summed E-state index contributed by atoms with van der Waals surface area (Å²) in [7, 11) is 0. The van der Waals surface area contributed by atoms with Crippen LogP contribution in [0.3, 0.4) is 0 Å². The molecule has 0 heterocycles. The molecule has 3 nitrogen and oxygen atoms in total. The van der Waals surface area contributed by atoms with Gasteiger partial charge < -0.3 is 11.1 Å². The zero-order chi connectivity index (χ0) is 12.1. The Hall–Kier alpha value is -0.650. The monoisotopic (exact) mass is 324 g/mol. The van der Waals surface area contributed by atoms with Gasteiger partial charge in [0.05, 0.1) is 0 Å². The lowest BCUT2D eigenvalue weighted by molar-refractivity contribution is -0.124. The number of nitrogens with one attached hydrogen (secondary N) is 1. The van der Waals surface area contributed by atoms with Crippen molar-refractivity contribution in [2.75, 3.05) is 6.54 Å². The van der Waals surface area contributed by atoms with Gasteiger partial charge in [0.2, 0.25) is 5.91 Å². The molecule has 0 saturated heterocycles. The van der Waals surface area contributed by atoms with E-state index in [0.29, 0.717) is 18.7 Å². The van der Waals surface area contributed by atoms with Gasteiger partial charge in [0.25, 0.3) is 0 Å². The van der Waals surface area contributed by atoms with E-state index in [1.807, 2.05) is 0 Å². The highest BCUT2D eigenvalue weighted by atomic mass is 79.9. The molecule has 0 aliphatic rings. The summed E-state index contributed by atoms with van der Waals surface area (Å²) in [5, 5.41) is 2.70. The molecular weight excluding hydrogens is 310 g/mol. The van der Waals surface area contributed by atoms with Crippen molar-refractivity contribution in [1.82, 2.24) is 5.32 Å². The molecule has 6 heteroatoms. The van der Waals surface area contributed by atoms with Gasteiger partial charge in [-0.1, -0.05) is 22.9 Å². The second-order valence-electron chi connectivity index (χ2n) is 3.59. The Morgan fingerprint density at radius 1 is 1.59 bits per heavy atom. The smallest absolute Gasteiger partial charge is 0.224 e. The van der Waals surface area contributed by atoms with Gasteiger partial charge in [-0.2, -0.15) is 0 Å². The summed E-state index contributed by atoms with van der Waals surface area (Å²) in [4.78, 5) is 11.4. The maximum atomic E-state index is 12.9. The molecule has 0 bridgehead atoms. The lowest BCUT2D eigenvalue weighted by atomic mass is 10.1. The Morgan fingerprint density at radius 2 is 2.24 bits per heavy atom. The van der Waals surface area contributed by atoms with Gasteiger partial charge in [-0.15, -0.1) is 12.4 Å². The van der Waals surface area contributed by atoms with Gasteiger partial charge in [0.1, 0.15) is 5.82 Å². The molecule has 0 radical (unpaired) electrons. The zero-order valence-electron chi connectivity index (χ0n) is 9.37. The fourth-order valence-corrected chi connectivity index (χ4v) is 1.53. The minimum Gasteiger partial charge on any atom is -0.352 e. The van der Waals surface area contributed by atoms with Gasteiger partial charge in [0, 0.05) is 23.5 Å². The molecule has 0 spiro atoms. The van der Waals surface area contributed by atoms with Crippen LogP contribution < -0.4 is 11.1 Å². The van der Waals surface area contributed by atoms with Crippen LogP contribution in [0.2, 0.25) is 0 Å². The summed E-state index contributed by atoms with van der Waals surface area (Å²) < 4.78 is 13.7. The highest BCUT2D eigenvalue weighted by molar-refractivity contribution is 9.10. The summed E-state index contributed by atoms with van der Waals surface area (Å²) in [6.07, 6.45) is 0. The van der Waals surface area contributed by atoms with Crippen molar-refractivity contribution in [2.45, 2.75) is 13.5 Å². The number of benzene rings is 1. The molecule has 17 heavy (non-hydrogen) atoms. The molecule has 0 aliphatic heterocycles. The van der Waals surface area contributed by atoms with E-state index in [0.717, 1.165) is 4.47 Å². The van der Waals surface area contributed by atoms with Gasteiger partial charge in [-0.25, -0.2) is 4.39 Å². The van der Waals surface area contributed by atoms with E-state index in [1.54, 1.807) is 13.0 Å². The molecule has 96 valence electrons. The van der Waals surface area contributed by atoms with Crippen molar-refractivity contribution in [1.29, 1.82) is 0 Å². The Kier molecular flexibility index (Phi) is 7.34. The number of hydrogen-bond acceptors (Lipinski definition) is 2. The second kappa shape index (κ2) is 7.63. The minimum atomic E-state index is -0.320. The Labute approximate surface area is 114 Å². The lowest BCUT2D eigenvalue weighted by Gasteiger charge is -2.10. The first-order valence-corrected chi connectivity index (χ1v) is 5.75. The summed E-state index contributed by atoms with van der Waals surface area (Å²) in [6.45, 7) is 2.34. The number of nitrogens with two attached hydrogens (primary N) is 1. The molecule has 1 unspecified atom stereocenters. The topological polar surface area (TPSA) is 55.1 Å². The maximum absolute atomic E-state index is 12.9. The number of amides is 1. The number of hydrogen-bond donors (Lipinski definition) is 2. The number of halogens is 3. The van der Waals surface area contributed by atoms with Crippen molar-refractivity contribution in [3.8, 4) is 0 Å². The fourth-order valence-electron chi connectivity index (χ4n) is 1.14. The lowest BCUT2D eigenvalue weighted by Crippen LogP contribution is -2.32. The van der Waals surface area contributed by atoms with Crippen LogP contribution in [0.25, 0.3) is 0 Å². The molecule has 1 atom stereocenters. The van der Waals surface area contributed by atoms with Crippen LogP contribution in [-0.2, 0) is 11.3 Å². The average molecular weight is 326 g/mol. The molecule has 1 aromatic carbocycles. The van der Waals surface area contributed by atoms with E-state index >= 15 is 0 Å². The van der Waals surface area contributed by atoms with Crippen LogP contribution >= 0.6 is 28.3 Å². The van der Waals surface area contributed by atoms with E-state index in [1.165, 1.54) is 12.1 Å². The normalized spacial score (nSPS) is 11.5. The Balaban J connectivity index is 0.00000256. The van der Waals surface area contributed by atoms with E-state index in [2.05, 4.69) is 21.2 Å². The van der Waals surface area contributed by atoms with E-state index < -0.39 is 0 Å². The second-order valence-corrected chi connectivity index (χ2v) is 4.44. The van der Waals surface area contributed by atoms with Gasteiger partial charge in [-0.05, 0) is 23.8 Å². The molecule has 0 saturated carbocycles. The Bertz CT molecular complexity index is 390. The highest BCUT2D eigenvalue weighted by Crippen LogP contribution is 2.17. The number of carbonyl (C=O) groups is 1. The predicted molar refractivity (Wildman–Crippen MR) is 71.4 cm³/mol. The van der Waals surface area contributed by atoms with Crippen LogP contribution in [0.4, 0.5) is 4.39 Å². The average Bonchev–Trinajstić information content (AvgIpc) is 2.28. The third-order valence-corrected chi connectivity index (χ3v) is 3.04. The van der Waals surface area contributed by atoms with E-state index in [9.17, 15) is 9.18 Å². The van der Waals surface area contributed by atoms with E-state index in [4.69, 9.17) is 5.73 Å². The zero-order valence-corrected chi connectivity index (χ0v) is 11.8. The van der Waals surface area contributed by atoms with Crippen LogP contribution in [0.5, 0.6) is 0 Å². The quantitative estimate of drug-likeness (QED) is 0.892. The first kappa shape index (κ1) is 16.4. The molecule has 3 N–H and O–H groups in total. The first-order chi connectivity index (χ1) is 7.54. The van der Waals surface area contributed by atoms with Crippen molar-refractivity contribution in [3.05, 3.63) is 34.1 Å². The van der Waals surface area contributed by atoms with Crippen LogP contribution in [-0.4, -0.2) is 12.5 Å². The summed E-state index contributed by atoms with van der Waals surface area (Å²) in [6, 6.07) is 4.36. The van der Waals surface area contributed by atoms with Crippen molar-refractivity contribution >= 4 is 34.2 Å². The molecule has 1 rings (SSSR count). The number of rotatable bonds is 4. The number of carbonyl (C=O) groups excluding carboxylic acids is 1. The van der Waals surface area contributed by atoms with Crippen LogP contribution in [0.15, 0.2) is 22.7 Å². The van der Waals surface area contributed by atoms with Crippen molar-refractivity contribution < 1.29 is 9.18 Å². The van der Waals surface area contributed by atoms with Crippen LogP contribution in [0.1, 0.15) is 12.5 Å². The third kappa shape index (κ3) is 5.02.